The molecule has 1 N–H and O–H groups in total. The van der Waals surface area contributed by atoms with Gasteiger partial charge in [0.05, 0.1) is 6.54 Å². The van der Waals surface area contributed by atoms with Crippen molar-refractivity contribution in [2.24, 2.45) is 7.05 Å². The zero-order valence-electron chi connectivity index (χ0n) is 10.0. The van der Waals surface area contributed by atoms with E-state index in [0.29, 0.717) is 0 Å². The minimum absolute atomic E-state index is 0.761. The average Bonchev–Trinajstić information content (AvgIpc) is 2.92. The van der Waals surface area contributed by atoms with Crippen LogP contribution in [0.25, 0.3) is 0 Å². The highest BCUT2D eigenvalue weighted by Gasteiger charge is 2.19. The molecule has 0 spiro atoms. The van der Waals surface area contributed by atoms with Crippen LogP contribution in [0.1, 0.15) is 24.2 Å². The van der Waals surface area contributed by atoms with Gasteiger partial charge in [0.2, 0.25) is 0 Å². The van der Waals surface area contributed by atoms with E-state index in [-0.39, 0.29) is 0 Å². The first kappa shape index (κ1) is 10.5. The first-order valence-corrected chi connectivity index (χ1v) is 6.02. The summed E-state index contributed by atoms with van der Waals surface area (Å²) in [6.07, 6.45) is 8.52. The maximum absolute atomic E-state index is 4.22. The molecule has 5 heteroatoms. The summed E-state index contributed by atoms with van der Waals surface area (Å²) < 4.78 is 3.95. The average molecular weight is 231 g/mol. The molecule has 1 aliphatic carbocycles. The third kappa shape index (κ3) is 2.55. The Hall–Kier alpha value is -1.62. The number of nitrogens with zero attached hydrogens (tertiary/aromatic N) is 4. The van der Waals surface area contributed by atoms with Crippen LogP contribution in [-0.2, 0) is 20.1 Å². The summed E-state index contributed by atoms with van der Waals surface area (Å²) in [5, 5.41) is 7.58. The second-order valence-electron chi connectivity index (χ2n) is 4.65. The molecule has 0 aromatic carbocycles. The standard InChI is InChI=1S/C12H17N5/c1-16-12(14-9-15-16)8-17-5-4-10(7-17)6-13-11-2-3-11/h4-5,7,9,11,13H,2-3,6,8H2,1H3. The molecule has 5 nitrogen and oxygen atoms in total. The van der Waals surface area contributed by atoms with E-state index in [2.05, 4.69) is 38.4 Å². The molecule has 90 valence electrons. The van der Waals surface area contributed by atoms with E-state index >= 15 is 0 Å². The molecule has 1 aliphatic rings. The summed E-state index contributed by atoms with van der Waals surface area (Å²) in [6, 6.07) is 2.92. The van der Waals surface area contributed by atoms with Gasteiger partial charge in [-0.1, -0.05) is 0 Å². The van der Waals surface area contributed by atoms with Crippen molar-refractivity contribution in [2.75, 3.05) is 0 Å². The van der Waals surface area contributed by atoms with E-state index in [1.54, 1.807) is 6.33 Å². The van der Waals surface area contributed by atoms with Crippen LogP contribution in [0.3, 0.4) is 0 Å². The first-order valence-electron chi connectivity index (χ1n) is 6.02. The highest BCUT2D eigenvalue weighted by Crippen LogP contribution is 2.19. The molecule has 2 heterocycles. The van der Waals surface area contributed by atoms with Crippen molar-refractivity contribution >= 4 is 0 Å². The number of aromatic nitrogens is 4. The Morgan fingerprint density at radius 1 is 1.47 bits per heavy atom. The van der Waals surface area contributed by atoms with Crippen LogP contribution in [0.15, 0.2) is 24.8 Å². The Morgan fingerprint density at radius 3 is 3.06 bits per heavy atom. The van der Waals surface area contributed by atoms with Gasteiger partial charge in [0, 0.05) is 32.0 Å². The first-order chi connectivity index (χ1) is 8.31. The van der Waals surface area contributed by atoms with Gasteiger partial charge in [0.25, 0.3) is 0 Å². The summed E-state index contributed by atoms with van der Waals surface area (Å²) in [5.41, 5.74) is 1.33. The molecule has 2 aromatic heterocycles. The van der Waals surface area contributed by atoms with Crippen LogP contribution in [0.4, 0.5) is 0 Å². The molecular weight excluding hydrogens is 214 g/mol. The van der Waals surface area contributed by atoms with E-state index in [1.165, 1.54) is 18.4 Å². The number of hydrogen-bond acceptors (Lipinski definition) is 3. The number of rotatable bonds is 5. The summed E-state index contributed by atoms with van der Waals surface area (Å²) in [7, 11) is 1.92. The van der Waals surface area contributed by atoms with E-state index in [1.807, 2.05) is 11.7 Å². The van der Waals surface area contributed by atoms with Gasteiger partial charge in [-0.3, -0.25) is 4.68 Å². The molecule has 0 atom stereocenters. The van der Waals surface area contributed by atoms with Crippen molar-refractivity contribution in [1.82, 2.24) is 24.6 Å². The van der Waals surface area contributed by atoms with E-state index in [0.717, 1.165) is 25.0 Å². The van der Waals surface area contributed by atoms with Gasteiger partial charge in [-0.05, 0) is 24.5 Å². The van der Waals surface area contributed by atoms with Gasteiger partial charge in [0.15, 0.2) is 0 Å². The molecule has 1 saturated carbocycles. The monoisotopic (exact) mass is 231 g/mol. The molecule has 0 saturated heterocycles. The lowest BCUT2D eigenvalue weighted by atomic mass is 10.3. The Balaban J connectivity index is 1.61. The largest absolute Gasteiger partial charge is 0.346 e. The van der Waals surface area contributed by atoms with Gasteiger partial charge < -0.3 is 9.88 Å². The van der Waals surface area contributed by atoms with Crippen LogP contribution in [0.2, 0.25) is 0 Å². The van der Waals surface area contributed by atoms with E-state index < -0.39 is 0 Å². The molecule has 0 unspecified atom stereocenters. The predicted molar refractivity (Wildman–Crippen MR) is 64.4 cm³/mol. The second kappa shape index (κ2) is 4.33. The Kier molecular flexibility index (Phi) is 2.68. The van der Waals surface area contributed by atoms with Crippen LogP contribution in [0, 0.1) is 0 Å². The van der Waals surface area contributed by atoms with Gasteiger partial charge in [-0.15, -0.1) is 0 Å². The minimum atomic E-state index is 0.761. The fraction of sp³-hybridized carbons (Fsp3) is 0.500. The van der Waals surface area contributed by atoms with Crippen molar-refractivity contribution in [2.45, 2.75) is 32.0 Å². The molecule has 0 aliphatic heterocycles. The number of aryl methyl sites for hydroxylation is 1. The van der Waals surface area contributed by atoms with Crippen molar-refractivity contribution < 1.29 is 0 Å². The number of nitrogens with one attached hydrogen (secondary N) is 1. The lowest BCUT2D eigenvalue weighted by molar-refractivity contribution is 0.650. The molecule has 3 rings (SSSR count). The van der Waals surface area contributed by atoms with Crippen LogP contribution in [-0.4, -0.2) is 25.4 Å². The van der Waals surface area contributed by atoms with Crippen molar-refractivity contribution in [3.05, 3.63) is 36.2 Å². The zero-order valence-corrected chi connectivity index (χ0v) is 10.0. The molecule has 1 fully saturated rings. The Labute approximate surface area is 100 Å². The van der Waals surface area contributed by atoms with E-state index in [9.17, 15) is 0 Å². The van der Waals surface area contributed by atoms with Crippen LogP contribution in [0.5, 0.6) is 0 Å². The van der Waals surface area contributed by atoms with Gasteiger partial charge in [-0.25, -0.2) is 4.98 Å². The molecule has 0 bridgehead atoms. The van der Waals surface area contributed by atoms with E-state index in [4.69, 9.17) is 0 Å². The topological polar surface area (TPSA) is 47.7 Å². The fourth-order valence-electron chi connectivity index (χ4n) is 1.87. The van der Waals surface area contributed by atoms with Crippen LogP contribution >= 0.6 is 0 Å². The summed E-state index contributed by atoms with van der Waals surface area (Å²) in [5.74, 6) is 0.974. The van der Waals surface area contributed by atoms with Crippen molar-refractivity contribution in [1.29, 1.82) is 0 Å². The van der Waals surface area contributed by atoms with Crippen molar-refractivity contribution in [3.63, 3.8) is 0 Å². The highest BCUT2D eigenvalue weighted by molar-refractivity contribution is 5.11. The highest BCUT2D eigenvalue weighted by atomic mass is 15.3. The lowest BCUT2D eigenvalue weighted by Gasteiger charge is -2.02. The molecular formula is C12H17N5. The molecule has 17 heavy (non-hydrogen) atoms. The normalized spacial score (nSPS) is 15.4. The fourth-order valence-corrected chi connectivity index (χ4v) is 1.87. The maximum atomic E-state index is 4.22. The van der Waals surface area contributed by atoms with Crippen LogP contribution < -0.4 is 5.32 Å². The summed E-state index contributed by atoms with van der Waals surface area (Å²) in [6.45, 7) is 1.75. The quantitative estimate of drug-likeness (QED) is 0.832. The third-order valence-corrected chi connectivity index (χ3v) is 3.11. The molecule has 0 radical (unpaired) electrons. The van der Waals surface area contributed by atoms with Crippen molar-refractivity contribution in [3.8, 4) is 0 Å². The number of hydrogen-bond donors (Lipinski definition) is 1. The molecule has 2 aromatic rings. The summed E-state index contributed by atoms with van der Waals surface area (Å²) in [4.78, 5) is 4.22. The lowest BCUT2D eigenvalue weighted by Crippen LogP contribution is -2.14. The SMILES string of the molecule is Cn1ncnc1Cn1ccc(CNC2CC2)c1. The molecule has 0 amide bonds. The third-order valence-electron chi connectivity index (χ3n) is 3.11. The van der Waals surface area contributed by atoms with Gasteiger partial charge in [-0.2, -0.15) is 5.10 Å². The zero-order chi connectivity index (χ0) is 11.7. The van der Waals surface area contributed by atoms with Gasteiger partial charge >= 0.3 is 0 Å². The maximum Gasteiger partial charge on any atom is 0.146 e. The predicted octanol–water partition coefficient (Wildman–Crippen LogP) is 0.917. The van der Waals surface area contributed by atoms with Gasteiger partial charge in [0.1, 0.15) is 12.2 Å². The summed E-state index contributed by atoms with van der Waals surface area (Å²) >= 11 is 0. The minimum Gasteiger partial charge on any atom is -0.346 e. The Morgan fingerprint density at radius 2 is 2.35 bits per heavy atom. The smallest absolute Gasteiger partial charge is 0.146 e. The second-order valence-corrected chi connectivity index (χ2v) is 4.65. The Bertz CT molecular complexity index is 494.